The average Bonchev–Trinajstić information content (AvgIpc) is 2.76. The molecule has 0 bridgehead atoms. The number of aromatic nitrogens is 1. The summed E-state index contributed by atoms with van der Waals surface area (Å²) >= 11 is 0. The molecule has 0 saturated heterocycles. The second kappa shape index (κ2) is 4.65. The Morgan fingerprint density at radius 2 is 1.95 bits per heavy atom. The lowest BCUT2D eigenvalue weighted by Gasteiger charge is -2.20. The van der Waals surface area contributed by atoms with Gasteiger partial charge in [0.05, 0.1) is 11.8 Å². The summed E-state index contributed by atoms with van der Waals surface area (Å²) in [6.07, 6.45) is 1.49. The fraction of sp³-hybridized carbons (Fsp3) is 0.375. The minimum absolute atomic E-state index is 0.0307. The number of nitrogens with zero attached hydrogens (tertiary/aromatic N) is 1. The number of hydrogen-bond donors (Lipinski definition) is 0. The molecule has 0 saturated carbocycles. The van der Waals surface area contributed by atoms with Crippen LogP contribution in [0.4, 0.5) is 0 Å². The highest BCUT2D eigenvalue weighted by Gasteiger charge is 2.20. The van der Waals surface area contributed by atoms with Crippen molar-refractivity contribution in [2.24, 2.45) is 0 Å². The first-order chi connectivity index (χ1) is 8.80. The van der Waals surface area contributed by atoms with Gasteiger partial charge < -0.3 is 4.52 Å². The van der Waals surface area contributed by atoms with Crippen LogP contribution in [0.1, 0.15) is 49.2 Å². The molecule has 1 aromatic heterocycles. The first-order valence-electron chi connectivity index (χ1n) is 6.38. The van der Waals surface area contributed by atoms with Gasteiger partial charge >= 0.3 is 0 Å². The fourth-order valence-corrected chi connectivity index (χ4v) is 2.02. The van der Waals surface area contributed by atoms with Crippen molar-refractivity contribution in [1.82, 2.24) is 5.16 Å². The summed E-state index contributed by atoms with van der Waals surface area (Å²) in [7, 11) is 0. The van der Waals surface area contributed by atoms with Crippen molar-refractivity contribution < 1.29 is 9.32 Å². The summed E-state index contributed by atoms with van der Waals surface area (Å²) in [4.78, 5) is 11.6. The molecule has 3 nitrogen and oxygen atoms in total. The lowest BCUT2D eigenvalue weighted by atomic mass is 9.84. The van der Waals surface area contributed by atoms with E-state index in [1.54, 1.807) is 0 Å². The van der Waals surface area contributed by atoms with Crippen LogP contribution in [0.3, 0.4) is 0 Å². The van der Waals surface area contributed by atoms with E-state index in [0.29, 0.717) is 11.3 Å². The Balaban J connectivity index is 2.62. The van der Waals surface area contributed by atoms with E-state index in [0.717, 1.165) is 11.1 Å². The number of carbonyl (C=O) groups is 1. The van der Waals surface area contributed by atoms with Crippen molar-refractivity contribution in [3.63, 3.8) is 0 Å². The number of rotatable bonds is 2. The highest BCUT2D eigenvalue weighted by Crippen LogP contribution is 2.32. The van der Waals surface area contributed by atoms with Gasteiger partial charge in [0.1, 0.15) is 0 Å². The van der Waals surface area contributed by atoms with Gasteiger partial charge in [-0.2, -0.15) is 0 Å². The minimum Gasteiger partial charge on any atom is -0.356 e. The second-order valence-electron chi connectivity index (χ2n) is 5.90. The summed E-state index contributed by atoms with van der Waals surface area (Å²) in [5.41, 5.74) is 3.81. The predicted molar refractivity (Wildman–Crippen MR) is 75.4 cm³/mol. The highest BCUT2D eigenvalue weighted by molar-refractivity contribution is 5.99. The molecule has 0 atom stereocenters. The Hall–Kier alpha value is -1.90. The van der Waals surface area contributed by atoms with Gasteiger partial charge in [-0.15, -0.1) is 0 Å². The van der Waals surface area contributed by atoms with Crippen LogP contribution < -0.4 is 0 Å². The molecular formula is C16H19NO2. The van der Waals surface area contributed by atoms with Gasteiger partial charge in [-0.05, 0) is 36.5 Å². The van der Waals surface area contributed by atoms with Crippen LogP contribution in [0.5, 0.6) is 0 Å². The van der Waals surface area contributed by atoms with Crippen molar-refractivity contribution in [1.29, 1.82) is 0 Å². The summed E-state index contributed by atoms with van der Waals surface area (Å²) in [5.74, 6) is 0.535. The van der Waals surface area contributed by atoms with Crippen LogP contribution in [0, 0.1) is 6.92 Å². The van der Waals surface area contributed by atoms with Gasteiger partial charge in [0.2, 0.25) is 0 Å². The Kier molecular flexibility index (Phi) is 3.31. The smallest absolute Gasteiger partial charge is 0.177 e. The molecule has 0 N–H and O–H groups in total. The maximum absolute atomic E-state index is 11.6. The number of aryl methyl sites for hydroxylation is 1. The number of ketones is 1. The quantitative estimate of drug-likeness (QED) is 0.759. The molecule has 100 valence electrons. The monoisotopic (exact) mass is 257 g/mol. The summed E-state index contributed by atoms with van der Waals surface area (Å²) < 4.78 is 5.29. The number of carbonyl (C=O) groups excluding carboxylic acids is 1. The molecule has 0 aliphatic carbocycles. The molecule has 0 fully saturated rings. The third-order valence-corrected chi connectivity index (χ3v) is 3.30. The van der Waals surface area contributed by atoms with Crippen molar-refractivity contribution in [2.75, 3.05) is 0 Å². The molecule has 1 aromatic carbocycles. The molecule has 3 heteroatoms. The van der Waals surface area contributed by atoms with Crippen molar-refractivity contribution >= 4 is 5.78 Å². The zero-order valence-corrected chi connectivity index (χ0v) is 12.1. The van der Waals surface area contributed by atoms with Crippen molar-refractivity contribution in [3.8, 4) is 11.3 Å². The normalized spacial score (nSPS) is 11.6. The highest BCUT2D eigenvalue weighted by atomic mass is 16.5. The third-order valence-electron chi connectivity index (χ3n) is 3.30. The van der Waals surface area contributed by atoms with Gasteiger partial charge in [0.25, 0.3) is 0 Å². The predicted octanol–water partition coefficient (Wildman–Crippen LogP) is 4.15. The Labute approximate surface area is 113 Å². The SMILES string of the molecule is CC(=O)c1cnoc1-c1cc(C(C)(C)C)ccc1C. The molecule has 0 aliphatic rings. The first kappa shape index (κ1) is 13.5. The molecular weight excluding hydrogens is 238 g/mol. The average molecular weight is 257 g/mol. The zero-order chi connectivity index (χ0) is 14.2. The summed E-state index contributed by atoms with van der Waals surface area (Å²) in [6.45, 7) is 10.0. The van der Waals surface area contributed by atoms with Crippen LogP contribution in [0.15, 0.2) is 28.9 Å². The van der Waals surface area contributed by atoms with Crippen LogP contribution in [0.25, 0.3) is 11.3 Å². The van der Waals surface area contributed by atoms with Gasteiger partial charge in [-0.1, -0.05) is 38.1 Å². The van der Waals surface area contributed by atoms with Crippen LogP contribution in [-0.2, 0) is 5.41 Å². The van der Waals surface area contributed by atoms with Crippen molar-refractivity contribution in [2.45, 2.75) is 40.0 Å². The maximum atomic E-state index is 11.6. The number of Topliss-reactive ketones (excluding diaryl/α,β-unsaturated/α-hetero) is 1. The van der Waals surface area contributed by atoms with E-state index >= 15 is 0 Å². The van der Waals surface area contributed by atoms with E-state index < -0.39 is 0 Å². The van der Waals surface area contributed by atoms with E-state index in [-0.39, 0.29) is 11.2 Å². The summed E-state index contributed by atoms with van der Waals surface area (Å²) in [6, 6.07) is 6.26. The molecule has 2 aromatic rings. The molecule has 0 radical (unpaired) electrons. The van der Waals surface area contributed by atoms with Crippen LogP contribution in [0.2, 0.25) is 0 Å². The first-order valence-corrected chi connectivity index (χ1v) is 6.38. The minimum atomic E-state index is -0.0307. The van der Waals surface area contributed by atoms with Gasteiger partial charge in [0, 0.05) is 5.56 Å². The molecule has 0 unspecified atom stereocenters. The van der Waals surface area contributed by atoms with Crippen LogP contribution in [-0.4, -0.2) is 10.9 Å². The molecule has 1 heterocycles. The second-order valence-corrected chi connectivity index (χ2v) is 5.90. The lowest BCUT2D eigenvalue weighted by molar-refractivity contribution is 0.101. The zero-order valence-electron chi connectivity index (χ0n) is 12.1. The van der Waals surface area contributed by atoms with E-state index in [1.807, 2.05) is 6.92 Å². The Morgan fingerprint density at radius 1 is 1.26 bits per heavy atom. The van der Waals surface area contributed by atoms with E-state index in [4.69, 9.17) is 4.52 Å². The molecule has 0 spiro atoms. The van der Waals surface area contributed by atoms with Crippen molar-refractivity contribution in [3.05, 3.63) is 41.1 Å². The topological polar surface area (TPSA) is 43.1 Å². The Morgan fingerprint density at radius 3 is 2.53 bits per heavy atom. The van der Waals surface area contributed by atoms with E-state index in [1.165, 1.54) is 18.7 Å². The summed E-state index contributed by atoms with van der Waals surface area (Å²) in [5, 5.41) is 3.76. The van der Waals surface area contributed by atoms with Gasteiger partial charge in [-0.25, -0.2) is 0 Å². The number of hydrogen-bond acceptors (Lipinski definition) is 3. The van der Waals surface area contributed by atoms with Crippen LogP contribution >= 0.6 is 0 Å². The molecule has 19 heavy (non-hydrogen) atoms. The third kappa shape index (κ3) is 2.60. The Bertz CT molecular complexity index is 618. The largest absolute Gasteiger partial charge is 0.356 e. The van der Waals surface area contributed by atoms with E-state index in [2.05, 4.69) is 44.1 Å². The molecule has 2 rings (SSSR count). The van der Waals surface area contributed by atoms with Gasteiger partial charge in [-0.3, -0.25) is 4.79 Å². The lowest BCUT2D eigenvalue weighted by Crippen LogP contribution is -2.11. The molecule has 0 amide bonds. The molecule has 0 aliphatic heterocycles. The van der Waals surface area contributed by atoms with E-state index in [9.17, 15) is 4.79 Å². The number of benzene rings is 1. The van der Waals surface area contributed by atoms with Gasteiger partial charge in [0.15, 0.2) is 11.5 Å². The maximum Gasteiger partial charge on any atom is 0.177 e. The fourth-order valence-electron chi connectivity index (χ4n) is 2.02. The standard InChI is InChI=1S/C16H19NO2/c1-10-6-7-12(16(3,4)5)8-13(10)15-14(11(2)18)9-17-19-15/h6-9H,1-5H3.